The van der Waals surface area contributed by atoms with Crippen molar-refractivity contribution in [3.8, 4) is 6.07 Å². The molecule has 0 spiro atoms. The first-order valence-corrected chi connectivity index (χ1v) is 7.33. The molecule has 1 aromatic rings. The maximum Gasteiger partial charge on any atom is 0.246 e. The second-order valence-electron chi connectivity index (χ2n) is 4.99. The normalized spacial score (nSPS) is 18.9. The van der Waals surface area contributed by atoms with E-state index in [2.05, 4.69) is 4.98 Å². The highest BCUT2D eigenvalue weighted by atomic mass is 32.2. The van der Waals surface area contributed by atoms with Gasteiger partial charge in [0.1, 0.15) is 11.0 Å². The van der Waals surface area contributed by atoms with Crippen molar-refractivity contribution in [3.05, 3.63) is 24.0 Å². The summed E-state index contributed by atoms with van der Waals surface area (Å²) in [5.41, 5.74) is -1.11. The molecule has 0 unspecified atom stereocenters. The number of nitrogens with zero attached hydrogens (tertiary/aromatic N) is 3. The fraction of sp³-hybridized carbons (Fsp3) is 0.500. The molecule has 7 heteroatoms. The summed E-state index contributed by atoms with van der Waals surface area (Å²) in [7, 11) is -3.76. The number of β-amino-alcohol motifs (C(OH)–C–C–N with tert-alkyl or cyclic N) is 1. The first-order chi connectivity index (χ1) is 8.81. The number of pyridine rings is 1. The lowest BCUT2D eigenvalue weighted by Gasteiger charge is -2.47. The van der Waals surface area contributed by atoms with Gasteiger partial charge in [-0.3, -0.25) is 0 Å². The molecule has 1 saturated heterocycles. The summed E-state index contributed by atoms with van der Waals surface area (Å²) in [6.45, 7) is 3.78. The van der Waals surface area contributed by atoms with E-state index in [0.29, 0.717) is 0 Å². The van der Waals surface area contributed by atoms with Gasteiger partial charge in [-0.1, -0.05) is 13.8 Å². The molecule has 2 rings (SSSR count). The fourth-order valence-corrected chi connectivity index (χ4v) is 3.58. The fourth-order valence-electron chi connectivity index (χ4n) is 1.92. The van der Waals surface area contributed by atoms with Gasteiger partial charge in [-0.2, -0.15) is 9.57 Å². The zero-order valence-corrected chi connectivity index (χ0v) is 11.6. The summed E-state index contributed by atoms with van der Waals surface area (Å²) < 4.78 is 25.8. The third-order valence-electron chi connectivity index (χ3n) is 3.47. The third kappa shape index (κ3) is 2.23. The summed E-state index contributed by atoms with van der Waals surface area (Å²) in [6, 6.07) is 4.60. The zero-order valence-electron chi connectivity index (χ0n) is 10.7. The molecule has 0 amide bonds. The molecule has 0 aliphatic carbocycles. The van der Waals surface area contributed by atoms with Crippen LogP contribution in [0.4, 0.5) is 0 Å². The molecular weight excluding hydrogens is 266 g/mol. The molecule has 1 aromatic heterocycles. The molecule has 19 heavy (non-hydrogen) atoms. The van der Waals surface area contributed by atoms with Gasteiger partial charge in [0.2, 0.25) is 10.0 Å². The Balaban J connectivity index is 2.30. The van der Waals surface area contributed by atoms with Crippen molar-refractivity contribution < 1.29 is 13.5 Å². The van der Waals surface area contributed by atoms with Crippen LogP contribution in [0.3, 0.4) is 0 Å². The third-order valence-corrected chi connectivity index (χ3v) is 5.29. The lowest BCUT2D eigenvalue weighted by Crippen LogP contribution is -2.65. The van der Waals surface area contributed by atoms with E-state index in [9.17, 15) is 13.5 Å². The van der Waals surface area contributed by atoms with Gasteiger partial charge < -0.3 is 5.11 Å². The summed E-state index contributed by atoms with van der Waals surface area (Å²) in [4.78, 5) is 3.64. The number of aromatic nitrogens is 1. The van der Waals surface area contributed by atoms with Crippen LogP contribution in [-0.4, -0.2) is 41.5 Å². The first-order valence-electron chi connectivity index (χ1n) is 5.89. The SMILES string of the molecule is CC(C)C1(O)CN(S(=O)(=O)c2cccnc2C#N)C1. The highest BCUT2D eigenvalue weighted by Crippen LogP contribution is 2.33. The first kappa shape index (κ1) is 13.9. The molecule has 102 valence electrons. The van der Waals surface area contributed by atoms with Crippen LogP contribution in [0.2, 0.25) is 0 Å². The van der Waals surface area contributed by atoms with Crippen molar-refractivity contribution in [1.29, 1.82) is 5.26 Å². The summed E-state index contributed by atoms with van der Waals surface area (Å²) in [5.74, 6) is -0.0247. The van der Waals surface area contributed by atoms with Crippen LogP contribution in [0.15, 0.2) is 23.2 Å². The van der Waals surface area contributed by atoms with E-state index in [0.717, 1.165) is 0 Å². The van der Waals surface area contributed by atoms with Gasteiger partial charge in [0, 0.05) is 19.3 Å². The van der Waals surface area contributed by atoms with Crippen LogP contribution >= 0.6 is 0 Å². The Labute approximate surface area is 112 Å². The van der Waals surface area contributed by atoms with Gasteiger partial charge in [-0.25, -0.2) is 13.4 Å². The average Bonchev–Trinajstić information content (AvgIpc) is 2.34. The van der Waals surface area contributed by atoms with Gasteiger partial charge in [-0.15, -0.1) is 0 Å². The molecule has 1 aliphatic rings. The van der Waals surface area contributed by atoms with Crippen LogP contribution in [0.25, 0.3) is 0 Å². The number of hydrogen-bond acceptors (Lipinski definition) is 5. The number of nitriles is 1. The van der Waals surface area contributed by atoms with E-state index in [-0.39, 0.29) is 29.6 Å². The van der Waals surface area contributed by atoms with E-state index in [1.165, 1.54) is 22.6 Å². The van der Waals surface area contributed by atoms with Crippen molar-refractivity contribution in [2.45, 2.75) is 24.3 Å². The topological polar surface area (TPSA) is 94.3 Å². The number of hydrogen-bond donors (Lipinski definition) is 1. The van der Waals surface area contributed by atoms with E-state index in [1.54, 1.807) is 6.07 Å². The zero-order chi connectivity index (χ0) is 14.3. The van der Waals surface area contributed by atoms with Crippen molar-refractivity contribution in [1.82, 2.24) is 9.29 Å². The van der Waals surface area contributed by atoms with Crippen LogP contribution in [0.5, 0.6) is 0 Å². The summed E-state index contributed by atoms with van der Waals surface area (Å²) in [5, 5.41) is 19.0. The Bertz CT molecular complexity index is 628. The minimum atomic E-state index is -3.76. The largest absolute Gasteiger partial charge is 0.387 e. The summed E-state index contributed by atoms with van der Waals surface area (Å²) >= 11 is 0. The molecule has 1 aliphatic heterocycles. The maximum atomic E-state index is 12.3. The molecule has 1 N–H and O–H groups in total. The van der Waals surface area contributed by atoms with Gasteiger partial charge in [0.25, 0.3) is 0 Å². The molecule has 1 fully saturated rings. The highest BCUT2D eigenvalue weighted by molar-refractivity contribution is 7.89. The minimum Gasteiger partial charge on any atom is -0.387 e. The predicted octanol–water partition coefficient (Wildman–Crippen LogP) is 0.345. The number of rotatable bonds is 3. The van der Waals surface area contributed by atoms with Crippen molar-refractivity contribution in [2.24, 2.45) is 5.92 Å². The maximum absolute atomic E-state index is 12.3. The van der Waals surface area contributed by atoms with Crippen LogP contribution in [0, 0.1) is 17.2 Å². The van der Waals surface area contributed by atoms with Crippen molar-refractivity contribution in [3.63, 3.8) is 0 Å². The molecule has 6 nitrogen and oxygen atoms in total. The Morgan fingerprint density at radius 2 is 2.16 bits per heavy atom. The van der Waals surface area contributed by atoms with Gasteiger partial charge in [0.15, 0.2) is 5.69 Å². The van der Waals surface area contributed by atoms with E-state index >= 15 is 0 Å². The molecule has 0 aromatic carbocycles. The van der Waals surface area contributed by atoms with Gasteiger partial charge in [0.05, 0.1) is 5.60 Å². The Morgan fingerprint density at radius 1 is 1.53 bits per heavy atom. The van der Waals surface area contributed by atoms with E-state index in [1.807, 2.05) is 13.8 Å². The smallest absolute Gasteiger partial charge is 0.246 e. The monoisotopic (exact) mass is 281 g/mol. The second kappa shape index (κ2) is 4.56. The quantitative estimate of drug-likeness (QED) is 0.862. The van der Waals surface area contributed by atoms with Crippen LogP contribution in [0.1, 0.15) is 19.5 Å². The molecule has 0 atom stereocenters. The second-order valence-corrected chi connectivity index (χ2v) is 6.90. The molecule has 0 radical (unpaired) electrons. The standard InChI is InChI=1S/C12H15N3O3S/c1-9(2)12(16)7-15(8-12)19(17,18)11-4-3-5-14-10(11)6-13/h3-5,9,16H,7-8H2,1-2H3. The number of sulfonamides is 1. The minimum absolute atomic E-state index is 0.0247. The van der Waals surface area contributed by atoms with Crippen LogP contribution in [-0.2, 0) is 10.0 Å². The van der Waals surface area contributed by atoms with Gasteiger partial charge >= 0.3 is 0 Å². The number of aliphatic hydroxyl groups is 1. The van der Waals surface area contributed by atoms with E-state index in [4.69, 9.17) is 5.26 Å². The Hall–Kier alpha value is -1.49. The Morgan fingerprint density at radius 3 is 2.68 bits per heavy atom. The summed E-state index contributed by atoms with van der Waals surface area (Å²) in [6.07, 6.45) is 1.37. The van der Waals surface area contributed by atoms with Crippen molar-refractivity contribution in [2.75, 3.05) is 13.1 Å². The van der Waals surface area contributed by atoms with Crippen LogP contribution < -0.4 is 0 Å². The van der Waals surface area contributed by atoms with Crippen molar-refractivity contribution >= 4 is 10.0 Å². The molecule has 0 saturated carbocycles. The highest BCUT2D eigenvalue weighted by Gasteiger charge is 2.49. The molecular formula is C12H15N3O3S. The lowest BCUT2D eigenvalue weighted by atomic mass is 9.85. The van der Waals surface area contributed by atoms with E-state index < -0.39 is 15.6 Å². The molecule has 0 bridgehead atoms. The predicted molar refractivity (Wildman–Crippen MR) is 67.5 cm³/mol. The average molecular weight is 281 g/mol. The molecule has 2 heterocycles. The lowest BCUT2D eigenvalue weighted by molar-refractivity contribution is -0.0932. The van der Waals surface area contributed by atoms with Gasteiger partial charge in [-0.05, 0) is 18.1 Å². The Kier molecular flexibility index (Phi) is 3.34.